The van der Waals surface area contributed by atoms with Crippen LogP contribution in [-0.2, 0) is 9.53 Å². The van der Waals surface area contributed by atoms with E-state index in [1.54, 1.807) is 0 Å². The second kappa shape index (κ2) is 9.57. The molecule has 26 heavy (non-hydrogen) atoms. The van der Waals surface area contributed by atoms with Gasteiger partial charge in [0.05, 0.1) is 5.56 Å². The predicted octanol–water partition coefficient (Wildman–Crippen LogP) is 2.29. The molecule has 1 aliphatic heterocycles. The smallest absolute Gasteiger partial charge is 0.256 e. The number of para-hydroxylation sites is 1. The van der Waals surface area contributed by atoms with Crippen molar-refractivity contribution in [3.8, 4) is 0 Å². The van der Waals surface area contributed by atoms with Crippen LogP contribution in [0.15, 0.2) is 24.3 Å². The molecule has 0 radical (unpaired) electrons. The summed E-state index contributed by atoms with van der Waals surface area (Å²) in [6.07, 6.45) is 1.72. The van der Waals surface area contributed by atoms with Gasteiger partial charge in [-0.15, -0.1) is 0 Å². The average molecular weight is 361 g/mol. The minimum absolute atomic E-state index is 0.0722. The highest BCUT2D eigenvalue weighted by atomic mass is 16.5. The molecule has 2 rings (SSSR count). The molecule has 1 aromatic carbocycles. The highest BCUT2D eigenvalue weighted by Crippen LogP contribution is 2.26. The lowest BCUT2D eigenvalue weighted by atomic mass is 10.0. The van der Waals surface area contributed by atoms with E-state index in [9.17, 15) is 9.59 Å². The maximum atomic E-state index is 13.0. The zero-order chi connectivity index (χ0) is 19.1. The van der Waals surface area contributed by atoms with Crippen molar-refractivity contribution in [2.75, 3.05) is 38.3 Å². The number of nitrogens with zero attached hydrogens (tertiary/aromatic N) is 2. The fraction of sp³-hybridized carbons (Fsp3) is 0.600. The van der Waals surface area contributed by atoms with E-state index in [0.717, 1.165) is 37.2 Å². The maximum absolute atomic E-state index is 13.0. The standard InChI is InChI=1S/C20H31N3O3/c1-5-23(15(2)3)20(25)17-8-6-7-9-18(17)22-12-10-16(11-13-22)21-19(24)14-26-4/h6-9,15-16H,5,10-14H2,1-4H3,(H,21,24). The van der Waals surface area contributed by atoms with Gasteiger partial charge in [-0.05, 0) is 45.7 Å². The van der Waals surface area contributed by atoms with Crippen LogP contribution < -0.4 is 10.2 Å². The molecular formula is C20H31N3O3. The van der Waals surface area contributed by atoms with Crippen molar-refractivity contribution in [2.45, 2.75) is 45.7 Å². The van der Waals surface area contributed by atoms with Gasteiger partial charge in [0, 0.05) is 44.5 Å². The van der Waals surface area contributed by atoms with Crippen molar-refractivity contribution >= 4 is 17.5 Å². The van der Waals surface area contributed by atoms with Crippen LogP contribution in [0.2, 0.25) is 0 Å². The highest BCUT2D eigenvalue weighted by molar-refractivity contribution is 6.00. The number of methoxy groups -OCH3 is 1. The van der Waals surface area contributed by atoms with Gasteiger partial charge in [0.15, 0.2) is 0 Å². The fourth-order valence-electron chi connectivity index (χ4n) is 3.49. The lowest BCUT2D eigenvalue weighted by Crippen LogP contribution is -2.46. The summed E-state index contributed by atoms with van der Waals surface area (Å²) in [5.41, 5.74) is 1.74. The topological polar surface area (TPSA) is 61.9 Å². The molecule has 1 aromatic rings. The molecular weight excluding hydrogens is 330 g/mol. The van der Waals surface area contributed by atoms with Gasteiger partial charge < -0.3 is 19.9 Å². The third kappa shape index (κ3) is 4.97. The van der Waals surface area contributed by atoms with Gasteiger partial charge in [-0.1, -0.05) is 12.1 Å². The Balaban J connectivity index is 2.07. The summed E-state index contributed by atoms with van der Waals surface area (Å²) in [5, 5.41) is 3.01. The maximum Gasteiger partial charge on any atom is 0.256 e. The molecule has 1 saturated heterocycles. The lowest BCUT2D eigenvalue weighted by molar-refractivity contribution is -0.125. The average Bonchev–Trinajstić information content (AvgIpc) is 2.63. The van der Waals surface area contributed by atoms with Gasteiger partial charge >= 0.3 is 0 Å². The van der Waals surface area contributed by atoms with Crippen molar-refractivity contribution in [2.24, 2.45) is 0 Å². The van der Waals surface area contributed by atoms with E-state index >= 15 is 0 Å². The number of rotatable bonds is 7. The first-order valence-corrected chi connectivity index (χ1v) is 9.41. The van der Waals surface area contributed by atoms with Crippen LogP contribution in [0.25, 0.3) is 0 Å². The second-order valence-corrected chi connectivity index (χ2v) is 6.96. The summed E-state index contributed by atoms with van der Waals surface area (Å²) in [5.74, 6) is 0.00525. The van der Waals surface area contributed by atoms with Gasteiger partial charge in [0.25, 0.3) is 5.91 Å². The zero-order valence-electron chi connectivity index (χ0n) is 16.3. The lowest BCUT2D eigenvalue weighted by Gasteiger charge is -2.35. The molecule has 0 unspecified atom stereocenters. The molecule has 6 heteroatoms. The number of carbonyl (C=O) groups is 2. The normalized spacial score (nSPS) is 15.2. The fourth-order valence-corrected chi connectivity index (χ4v) is 3.49. The number of benzene rings is 1. The first-order valence-electron chi connectivity index (χ1n) is 9.41. The first-order chi connectivity index (χ1) is 12.5. The molecule has 1 aliphatic rings. The Kier molecular flexibility index (Phi) is 7.45. The number of anilines is 1. The van der Waals surface area contributed by atoms with Crippen molar-refractivity contribution in [1.29, 1.82) is 0 Å². The Morgan fingerprint density at radius 3 is 2.50 bits per heavy atom. The zero-order valence-corrected chi connectivity index (χ0v) is 16.3. The number of amides is 2. The monoisotopic (exact) mass is 361 g/mol. The second-order valence-electron chi connectivity index (χ2n) is 6.96. The quantitative estimate of drug-likeness (QED) is 0.809. The van der Waals surface area contributed by atoms with Crippen LogP contribution in [0, 0.1) is 0 Å². The molecule has 6 nitrogen and oxygen atoms in total. The molecule has 1 N–H and O–H groups in total. The number of carbonyl (C=O) groups excluding carboxylic acids is 2. The van der Waals surface area contributed by atoms with Crippen molar-refractivity contribution < 1.29 is 14.3 Å². The van der Waals surface area contributed by atoms with Crippen LogP contribution >= 0.6 is 0 Å². The summed E-state index contributed by atoms with van der Waals surface area (Å²) >= 11 is 0. The summed E-state index contributed by atoms with van der Waals surface area (Å²) < 4.78 is 4.87. The van der Waals surface area contributed by atoms with Crippen molar-refractivity contribution in [3.05, 3.63) is 29.8 Å². The third-order valence-electron chi connectivity index (χ3n) is 4.84. The van der Waals surface area contributed by atoms with Crippen molar-refractivity contribution in [3.63, 3.8) is 0 Å². The Hall–Kier alpha value is -2.08. The largest absolute Gasteiger partial charge is 0.375 e. The van der Waals surface area contributed by atoms with E-state index in [4.69, 9.17) is 4.74 Å². The first kappa shape index (κ1) is 20.2. The minimum Gasteiger partial charge on any atom is -0.375 e. The van der Waals surface area contributed by atoms with Gasteiger partial charge in [-0.3, -0.25) is 9.59 Å². The van der Waals surface area contributed by atoms with E-state index < -0.39 is 0 Å². The summed E-state index contributed by atoms with van der Waals surface area (Å²) in [6, 6.07) is 8.16. The summed E-state index contributed by atoms with van der Waals surface area (Å²) in [4.78, 5) is 28.8. The minimum atomic E-state index is -0.0722. The third-order valence-corrected chi connectivity index (χ3v) is 4.84. The summed E-state index contributed by atoms with van der Waals surface area (Å²) in [7, 11) is 1.52. The van der Waals surface area contributed by atoms with Crippen LogP contribution in [0.4, 0.5) is 5.69 Å². The van der Waals surface area contributed by atoms with Gasteiger partial charge in [0.2, 0.25) is 5.91 Å². The molecule has 1 fully saturated rings. The molecule has 0 saturated carbocycles. The number of piperidine rings is 1. The van der Waals surface area contributed by atoms with Crippen molar-refractivity contribution in [1.82, 2.24) is 10.2 Å². The van der Waals surface area contributed by atoms with Crippen LogP contribution in [0.5, 0.6) is 0 Å². The molecule has 0 bridgehead atoms. The predicted molar refractivity (Wildman–Crippen MR) is 104 cm³/mol. The van der Waals surface area contributed by atoms with Gasteiger partial charge in [0.1, 0.15) is 6.61 Å². The molecule has 0 aromatic heterocycles. The molecule has 0 aliphatic carbocycles. The SMILES string of the molecule is CCN(C(=O)c1ccccc1N1CCC(NC(=O)COC)CC1)C(C)C. The highest BCUT2D eigenvalue weighted by Gasteiger charge is 2.25. The van der Waals surface area contributed by atoms with Crippen LogP contribution in [0.3, 0.4) is 0 Å². The Morgan fingerprint density at radius 2 is 1.92 bits per heavy atom. The number of hydrogen-bond acceptors (Lipinski definition) is 4. The molecule has 0 atom stereocenters. The summed E-state index contributed by atoms with van der Waals surface area (Å²) in [6.45, 7) is 8.51. The Morgan fingerprint density at radius 1 is 1.27 bits per heavy atom. The van der Waals surface area contributed by atoms with E-state index in [2.05, 4.69) is 10.2 Å². The molecule has 1 heterocycles. The van der Waals surface area contributed by atoms with Gasteiger partial charge in [-0.25, -0.2) is 0 Å². The molecule has 144 valence electrons. The number of nitrogens with one attached hydrogen (secondary N) is 1. The van der Waals surface area contributed by atoms with Crippen LogP contribution in [-0.4, -0.2) is 62.1 Å². The molecule has 0 spiro atoms. The number of ether oxygens (including phenoxy) is 1. The Bertz CT molecular complexity index is 610. The van der Waals surface area contributed by atoms with Crippen LogP contribution in [0.1, 0.15) is 44.0 Å². The van der Waals surface area contributed by atoms with E-state index in [0.29, 0.717) is 6.54 Å². The van der Waals surface area contributed by atoms with Gasteiger partial charge in [-0.2, -0.15) is 0 Å². The van der Waals surface area contributed by atoms with E-state index in [1.165, 1.54) is 7.11 Å². The number of hydrogen-bond donors (Lipinski definition) is 1. The Labute approximate surface area is 156 Å². The van der Waals surface area contributed by atoms with E-state index in [1.807, 2.05) is 49.9 Å². The molecule has 2 amide bonds. The van der Waals surface area contributed by atoms with E-state index in [-0.39, 0.29) is 30.5 Å².